The van der Waals surface area contributed by atoms with E-state index in [-0.39, 0.29) is 10.7 Å². The monoisotopic (exact) mass is 259 g/mol. The maximum absolute atomic E-state index is 13.1. The molecule has 0 aliphatic rings. The number of amides is 1. The second-order valence-electron chi connectivity index (χ2n) is 4.01. The molecule has 1 amide bonds. The van der Waals surface area contributed by atoms with Crippen LogP contribution in [-0.2, 0) is 9.59 Å². The molecule has 1 aromatic carbocycles. The van der Waals surface area contributed by atoms with E-state index in [9.17, 15) is 14.0 Å². The molecule has 0 bridgehead atoms. The van der Waals surface area contributed by atoms with Gasteiger partial charge in [-0.05, 0) is 32.0 Å². The van der Waals surface area contributed by atoms with Gasteiger partial charge >= 0.3 is 5.97 Å². The molecule has 92 valence electrons. The third-order valence-electron chi connectivity index (χ3n) is 2.28. The van der Waals surface area contributed by atoms with Crippen LogP contribution in [0.3, 0.4) is 0 Å². The molecule has 0 spiro atoms. The van der Waals surface area contributed by atoms with Gasteiger partial charge in [0.05, 0.1) is 5.02 Å². The van der Waals surface area contributed by atoms with Crippen molar-refractivity contribution in [3.05, 3.63) is 29.0 Å². The predicted molar refractivity (Wildman–Crippen MR) is 61.5 cm³/mol. The smallest absolute Gasteiger partial charge is 0.318 e. The standard InChI is InChI=1S/C11H11ClFNO3/c1-11(2,10(16)17)9(15)14-6-3-4-7(12)8(13)5-6/h3-5H,1-2H3,(H,14,15)(H,16,17). The van der Waals surface area contributed by atoms with Gasteiger partial charge in [-0.15, -0.1) is 0 Å². The number of halogens is 2. The van der Waals surface area contributed by atoms with Crippen LogP contribution in [-0.4, -0.2) is 17.0 Å². The first kappa shape index (κ1) is 13.4. The van der Waals surface area contributed by atoms with Gasteiger partial charge < -0.3 is 10.4 Å². The van der Waals surface area contributed by atoms with Gasteiger partial charge in [0.2, 0.25) is 5.91 Å². The van der Waals surface area contributed by atoms with Gasteiger partial charge in [-0.1, -0.05) is 11.6 Å². The molecule has 0 saturated carbocycles. The predicted octanol–water partition coefficient (Wildman–Crippen LogP) is 2.53. The molecule has 6 heteroatoms. The maximum Gasteiger partial charge on any atom is 0.318 e. The molecule has 4 nitrogen and oxygen atoms in total. The summed E-state index contributed by atoms with van der Waals surface area (Å²) >= 11 is 5.48. The molecule has 0 saturated heterocycles. The lowest BCUT2D eigenvalue weighted by atomic mass is 9.92. The molecule has 0 aliphatic heterocycles. The van der Waals surface area contributed by atoms with Crippen molar-refractivity contribution in [3.8, 4) is 0 Å². The lowest BCUT2D eigenvalue weighted by molar-refractivity contribution is -0.151. The average molecular weight is 260 g/mol. The van der Waals surface area contributed by atoms with Crippen molar-refractivity contribution < 1.29 is 19.1 Å². The van der Waals surface area contributed by atoms with Crippen molar-refractivity contribution in [1.29, 1.82) is 0 Å². The summed E-state index contributed by atoms with van der Waals surface area (Å²) in [5.74, 6) is -2.67. The first-order valence-corrected chi connectivity index (χ1v) is 5.13. The third-order valence-corrected chi connectivity index (χ3v) is 2.59. The Kier molecular flexibility index (Phi) is 3.72. The summed E-state index contributed by atoms with van der Waals surface area (Å²) in [5, 5.41) is 11.1. The zero-order valence-corrected chi connectivity index (χ0v) is 10.0. The van der Waals surface area contributed by atoms with Crippen molar-refractivity contribution in [1.82, 2.24) is 0 Å². The van der Waals surface area contributed by atoms with Crippen LogP contribution in [0.1, 0.15) is 13.8 Å². The Morgan fingerprint density at radius 3 is 2.47 bits per heavy atom. The number of carbonyl (C=O) groups excluding carboxylic acids is 1. The van der Waals surface area contributed by atoms with Gasteiger partial charge in [0, 0.05) is 5.69 Å². The van der Waals surface area contributed by atoms with Crippen molar-refractivity contribution in [2.75, 3.05) is 5.32 Å². The number of aliphatic carboxylic acids is 1. The highest BCUT2D eigenvalue weighted by Gasteiger charge is 2.36. The number of nitrogens with one attached hydrogen (secondary N) is 1. The van der Waals surface area contributed by atoms with Gasteiger partial charge in [0.25, 0.3) is 0 Å². The first-order valence-electron chi connectivity index (χ1n) is 4.75. The van der Waals surface area contributed by atoms with Gasteiger partial charge in [-0.2, -0.15) is 0 Å². The zero-order chi connectivity index (χ0) is 13.2. The molecule has 1 rings (SSSR count). The molecule has 0 aliphatic carbocycles. The Balaban J connectivity index is 2.89. The fraction of sp³-hybridized carbons (Fsp3) is 0.273. The van der Waals surface area contributed by atoms with Crippen LogP contribution in [0.4, 0.5) is 10.1 Å². The van der Waals surface area contributed by atoms with E-state index in [1.807, 2.05) is 0 Å². The van der Waals surface area contributed by atoms with E-state index in [4.69, 9.17) is 16.7 Å². The Morgan fingerprint density at radius 2 is 2.00 bits per heavy atom. The number of hydrogen-bond donors (Lipinski definition) is 2. The van der Waals surface area contributed by atoms with E-state index in [2.05, 4.69) is 5.32 Å². The second-order valence-corrected chi connectivity index (χ2v) is 4.42. The quantitative estimate of drug-likeness (QED) is 0.820. The van der Waals surface area contributed by atoms with Gasteiger partial charge in [0.15, 0.2) is 0 Å². The van der Waals surface area contributed by atoms with Crippen molar-refractivity contribution in [3.63, 3.8) is 0 Å². The summed E-state index contributed by atoms with van der Waals surface area (Å²) in [6.45, 7) is 2.52. The molecule has 0 atom stereocenters. The minimum Gasteiger partial charge on any atom is -0.480 e. The number of carbonyl (C=O) groups is 2. The lowest BCUT2D eigenvalue weighted by Crippen LogP contribution is -2.37. The van der Waals surface area contributed by atoms with Crippen LogP contribution < -0.4 is 5.32 Å². The number of carboxylic acid groups (broad SMARTS) is 1. The summed E-state index contributed by atoms with van der Waals surface area (Å²) in [5.41, 5.74) is -1.43. The van der Waals surface area contributed by atoms with Gasteiger partial charge in [0.1, 0.15) is 11.2 Å². The largest absolute Gasteiger partial charge is 0.480 e. The van der Waals surface area contributed by atoms with Crippen molar-refractivity contribution in [2.45, 2.75) is 13.8 Å². The minimum atomic E-state index is -1.59. The highest BCUT2D eigenvalue weighted by atomic mass is 35.5. The third kappa shape index (κ3) is 2.94. The molecule has 0 radical (unpaired) electrons. The second kappa shape index (κ2) is 4.71. The maximum atomic E-state index is 13.1. The summed E-state index contributed by atoms with van der Waals surface area (Å²) in [7, 11) is 0. The van der Waals surface area contributed by atoms with Crippen molar-refractivity contribution in [2.24, 2.45) is 5.41 Å². The van der Waals surface area contributed by atoms with Crippen LogP contribution >= 0.6 is 11.6 Å². The van der Waals surface area contributed by atoms with E-state index >= 15 is 0 Å². The molecular formula is C11H11ClFNO3. The summed E-state index contributed by atoms with van der Waals surface area (Å²) in [6.07, 6.45) is 0. The Hall–Kier alpha value is -1.62. The summed E-state index contributed by atoms with van der Waals surface area (Å²) in [4.78, 5) is 22.4. The fourth-order valence-corrected chi connectivity index (χ4v) is 1.08. The molecule has 17 heavy (non-hydrogen) atoms. The highest BCUT2D eigenvalue weighted by molar-refractivity contribution is 6.30. The Labute approximate surface area is 102 Å². The van der Waals surface area contributed by atoms with E-state index in [0.717, 1.165) is 6.07 Å². The number of carboxylic acids is 1. The lowest BCUT2D eigenvalue weighted by Gasteiger charge is -2.18. The summed E-state index contributed by atoms with van der Waals surface area (Å²) < 4.78 is 13.1. The Morgan fingerprint density at radius 1 is 1.41 bits per heavy atom. The molecule has 0 fully saturated rings. The van der Waals surface area contributed by atoms with E-state index in [1.165, 1.54) is 26.0 Å². The van der Waals surface area contributed by atoms with Gasteiger partial charge in [-0.3, -0.25) is 9.59 Å². The van der Waals surface area contributed by atoms with Crippen LogP contribution in [0.15, 0.2) is 18.2 Å². The van der Waals surface area contributed by atoms with E-state index in [1.54, 1.807) is 0 Å². The number of benzene rings is 1. The number of rotatable bonds is 3. The summed E-state index contributed by atoms with van der Waals surface area (Å²) in [6, 6.07) is 3.69. The molecule has 0 heterocycles. The molecule has 1 aromatic rings. The molecule has 2 N–H and O–H groups in total. The van der Waals surface area contributed by atoms with Gasteiger partial charge in [-0.25, -0.2) is 4.39 Å². The van der Waals surface area contributed by atoms with Crippen LogP contribution in [0.25, 0.3) is 0 Å². The topological polar surface area (TPSA) is 66.4 Å². The van der Waals surface area contributed by atoms with E-state index in [0.29, 0.717) is 0 Å². The fourth-order valence-electron chi connectivity index (χ4n) is 0.958. The van der Waals surface area contributed by atoms with Crippen LogP contribution in [0.5, 0.6) is 0 Å². The normalized spacial score (nSPS) is 11.1. The SMILES string of the molecule is CC(C)(C(=O)O)C(=O)Nc1ccc(Cl)c(F)c1. The highest BCUT2D eigenvalue weighted by Crippen LogP contribution is 2.22. The number of anilines is 1. The first-order chi connectivity index (χ1) is 7.75. The average Bonchev–Trinajstić information content (AvgIpc) is 2.23. The molecular weight excluding hydrogens is 249 g/mol. The minimum absolute atomic E-state index is 0.0690. The van der Waals surface area contributed by atoms with Crippen molar-refractivity contribution >= 4 is 29.2 Å². The molecule has 0 aromatic heterocycles. The van der Waals surface area contributed by atoms with Crippen LogP contribution in [0, 0.1) is 11.2 Å². The Bertz CT molecular complexity index is 474. The number of hydrogen-bond acceptors (Lipinski definition) is 2. The molecule has 0 unspecified atom stereocenters. The van der Waals surface area contributed by atoms with E-state index < -0.39 is 23.1 Å². The zero-order valence-electron chi connectivity index (χ0n) is 9.25. The van der Waals surface area contributed by atoms with Crippen LogP contribution in [0.2, 0.25) is 5.02 Å².